The number of thioether (sulfide) groups is 1. The van der Waals surface area contributed by atoms with Crippen molar-refractivity contribution < 1.29 is 19.6 Å². The van der Waals surface area contributed by atoms with Crippen molar-refractivity contribution in [2.45, 2.75) is 44.0 Å². The summed E-state index contributed by atoms with van der Waals surface area (Å²) < 4.78 is 0. The molecule has 1 saturated heterocycles. The monoisotopic (exact) mass is 366 g/mol. The fourth-order valence-corrected chi connectivity index (χ4v) is 4.01. The third-order valence-electron chi connectivity index (χ3n) is 4.15. The van der Waals surface area contributed by atoms with Gasteiger partial charge in [-0.15, -0.1) is 11.8 Å². The number of likely N-dealkylation sites (tertiary alicyclic amines) is 1. The maximum atomic E-state index is 12.6. The molecule has 2 rings (SSSR count). The van der Waals surface area contributed by atoms with E-state index < -0.39 is 22.8 Å². The van der Waals surface area contributed by atoms with Crippen molar-refractivity contribution in [3.8, 4) is 0 Å². The number of nitro groups is 1. The van der Waals surface area contributed by atoms with Gasteiger partial charge in [-0.05, 0) is 43.1 Å². The van der Waals surface area contributed by atoms with Gasteiger partial charge in [0.1, 0.15) is 6.04 Å². The number of amides is 1. The van der Waals surface area contributed by atoms with E-state index >= 15 is 0 Å². The lowest BCUT2D eigenvalue weighted by Gasteiger charge is -2.21. The van der Waals surface area contributed by atoms with Gasteiger partial charge in [0.2, 0.25) is 0 Å². The van der Waals surface area contributed by atoms with Crippen molar-refractivity contribution in [1.29, 1.82) is 0 Å². The Kier molecular flexibility index (Phi) is 6.41. The van der Waals surface area contributed by atoms with Gasteiger partial charge in [-0.3, -0.25) is 14.9 Å². The SMILES string of the molecule is CC(C)CCSc1ccc(C(=O)N2CCC[C@@H]2C(=O)O)cc1[N+](=O)[O-]. The normalized spacial score (nSPS) is 17.1. The van der Waals surface area contributed by atoms with E-state index in [-0.39, 0.29) is 11.3 Å². The first kappa shape index (κ1) is 19.2. The van der Waals surface area contributed by atoms with E-state index in [4.69, 9.17) is 0 Å². The molecule has 1 aromatic rings. The highest BCUT2D eigenvalue weighted by Gasteiger charge is 2.35. The van der Waals surface area contributed by atoms with Crippen molar-refractivity contribution >= 4 is 29.3 Å². The van der Waals surface area contributed by atoms with Gasteiger partial charge < -0.3 is 10.0 Å². The molecule has 0 radical (unpaired) electrons. The molecule has 8 heteroatoms. The fraction of sp³-hybridized carbons (Fsp3) is 0.529. The van der Waals surface area contributed by atoms with Crippen LogP contribution < -0.4 is 0 Å². The minimum absolute atomic E-state index is 0.106. The first-order chi connectivity index (χ1) is 11.8. The number of carbonyl (C=O) groups is 2. The Bertz CT molecular complexity index is 677. The number of carboxylic acids is 1. The summed E-state index contributed by atoms with van der Waals surface area (Å²) in [6.45, 7) is 4.53. The molecule has 136 valence electrons. The van der Waals surface area contributed by atoms with Crippen LogP contribution in [0.15, 0.2) is 23.1 Å². The van der Waals surface area contributed by atoms with Crippen LogP contribution in [0.2, 0.25) is 0 Å². The molecule has 0 aromatic heterocycles. The first-order valence-corrected chi connectivity index (χ1v) is 9.24. The summed E-state index contributed by atoms with van der Waals surface area (Å²) in [5.74, 6) is -0.234. The van der Waals surface area contributed by atoms with E-state index in [1.807, 2.05) is 0 Å². The van der Waals surface area contributed by atoms with Gasteiger partial charge in [-0.1, -0.05) is 13.8 Å². The van der Waals surface area contributed by atoms with Gasteiger partial charge in [0.15, 0.2) is 0 Å². The molecular formula is C17H22N2O5S. The molecule has 0 aliphatic carbocycles. The molecule has 0 spiro atoms. The summed E-state index contributed by atoms with van der Waals surface area (Å²) in [5, 5.41) is 20.6. The van der Waals surface area contributed by atoms with Crippen LogP contribution in [0.4, 0.5) is 5.69 Å². The predicted molar refractivity (Wildman–Crippen MR) is 95.0 cm³/mol. The topological polar surface area (TPSA) is 101 Å². The van der Waals surface area contributed by atoms with Gasteiger partial charge >= 0.3 is 5.97 Å². The molecule has 1 aliphatic heterocycles. The second-order valence-electron chi connectivity index (χ2n) is 6.47. The number of benzene rings is 1. The zero-order chi connectivity index (χ0) is 18.6. The Morgan fingerprint density at radius 3 is 2.76 bits per heavy atom. The molecule has 1 aliphatic rings. The highest BCUT2D eigenvalue weighted by atomic mass is 32.2. The zero-order valence-corrected chi connectivity index (χ0v) is 15.1. The average molecular weight is 366 g/mol. The molecule has 1 fully saturated rings. The van der Waals surface area contributed by atoms with E-state index in [9.17, 15) is 24.8 Å². The molecular weight excluding hydrogens is 344 g/mol. The molecule has 25 heavy (non-hydrogen) atoms. The number of carboxylic acid groups (broad SMARTS) is 1. The predicted octanol–water partition coefficient (Wildman–Crippen LogP) is 3.42. The van der Waals surface area contributed by atoms with Gasteiger partial charge in [0.05, 0.1) is 9.82 Å². The average Bonchev–Trinajstić information content (AvgIpc) is 3.03. The number of nitro benzene ring substituents is 1. The second-order valence-corrected chi connectivity index (χ2v) is 7.60. The number of carbonyl (C=O) groups excluding carboxylic acids is 1. The Hall–Kier alpha value is -2.09. The van der Waals surface area contributed by atoms with Crippen molar-refractivity contribution in [2.24, 2.45) is 5.92 Å². The van der Waals surface area contributed by atoms with Crippen LogP contribution in [0.1, 0.15) is 43.5 Å². The van der Waals surface area contributed by atoms with E-state index in [1.165, 1.54) is 22.7 Å². The van der Waals surface area contributed by atoms with Crippen molar-refractivity contribution in [2.75, 3.05) is 12.3 Å². The molecule has 1 aromatic carbocycles. The first-order valence-electron chi connectivity index (χ1n) is 8.26. The summed E-state index contributed by atoms with van der Waals surface area (Å²) in [7, 11) is 0. The number of hydrogen-bond acceptors (Lipinski definition) is 5. The molecule has 1 N–H and O–H groups in total. The lowest BCUT2D eigenvalue weighted by atomic mass is 10.1. The summed E-state index contributed by atoms with van der Waals surface area (Å²) >= 11 is 1.40. The standard InChI is InChI=1S/C17H22N2O5S/c1-11(2)7-9-25-15-6-5-12(10-14(15)19(23)24)16(20)18-8-3-4-13(18)17(21)22/h5-6,10-11,13H,3-4,7-9H2,1-2H3,(H,21,22)/t13-/m1/s1. The van der Waals surface area contributed by atoms with E-state index in [0.717, 1.165) is 12.2 Å². The van der Waals surface area contributed by atoms with Crippen molar-refractivity contribution in [3.63, 3.8) is 0 Å². The maximum Gasteiger partial charge on any atom is 0.326 e. The van der Waals surface area contributed by atoms with Crippen molar-refractivity contribution in [3.05, 3.63) is 33.9 Å². The smallest absolute Gasteiger partial charge is 0.326 e. The highest BCUT2D eigenvalue weighted by molar-refractivity contribution is 7.99. The minimum atomic E-state index is -1.04. The van der Waals surface area contributed by atoms with E-state index in [2.05, 4.69) is 13.8 Å². The molecule has 1 heterocycles. The van der Waals surface area contributed by atoms with Crippen LogP contribution >= 0.6 is 11.8 Å². The van der Waals surface area contributed by atoms with Crippen LogP contribution in [0.5, 0.6) is 0 Å². The summed E-state index contributed by atoms with van der Waals surface area (Å²) in [6.07, 6.45) is 1.97. The number of hydrogen-bond donors (Lipinski definition) is 1. The largest absolute Gasteiger partial charge is 0.480 e. The molecule has 1 amide bonds. The Labute approximate surface area is 150 Å². The second kappa shape index (κ2) is 8.33. The van der Waals surface area contributed by atoms with Crippen LogP contribution in [-0.4, -0.2) is 45.1 Å². The molecule has 0 saturated carbocycles. The minimum Gasteiger partial charge on any atom is -0.480 e. The van der Waals surface area contributed by atoms with Gasteiger partial charge in [0.25, 0.3) is 11.6 Å². The number of rotatable bonds is 7. The lowest BCUT2D eigenvalue weighted by Crippen LogP contribution is -2.40. The quantitative estimate of drug-likeness (QED) is 0.451. The van der Waals surface area contributed by atoms with E-state index in [1.54, 1.807) is 12.1 Å². The zero-order valence-electron chi connectivity index (χ0n) is 14.3. The van der Waals surface area contributed by atoms with Crippen LogP contribution in [-0.2, 0) is 4.79 Å². The summed E-state index contributed by atoms with van der Waals surface area (Å²) in [6, 6.07) is 3.54. The Morgan fingerprint density at radius 1 is 1.44 bits per heavy atom. The van der Waals surface area contributed by atoms with Gasteiger partial charge in [0, 0.05) is 18.2 Å². The van der Waals surface area contributed by atoms with Crippen molar-refractivity contribution in [1.82, 2.24) is 4.90 Å². The third kappa shape index (κ3) is 4.72. The van der Waals surface area contributed by atoms with Crippen LogP contribution in [0.3, 0.4) is 0 Å². The Balaban J connectivity index is 2.21. The molecule has 0 unspecified atom stereocenters. The Morgan fingerprint density at radius 2 is 2.16 bits per heavy atom. The maximum absolute atomic E-state index is 12.6. The van der Waals surface area contributed by atoms with Gasteiger partial charge in [-0.25, -0.2) is 4.79 Å². The van der Waals surface area contributed by atoms with Crippen LogP contribution in [0, 0.1) is 16.0 Å². The molecule has 1 atom stereocenters. The summed E-state index contributed by atoms with van der Waals surface area (Å²) in [5.41, 5.74) is 0.0544. The lowest BCUT2D eigenvalue weighted by molar-refractivity contribution is -0.387. The molecule has 7 nitrogen and oxygen atoms in total. The van der Waals surface area contributed by atoms with E-state index in [0.29, 0.717) is 30.2 Å². The highest BCUT2D eigenvalue weighted by Crippen LogP contribution is 2.32. The third-order valence-corrected chi connectivity index (χ3v) is 5.25. The van der Waals surface area contributed by atoms with Gasteiger partial charge in [-0.2, -0.15) is 0 Å². The number of nitrogens with zero attached hydrogens (tertiary/aromatic N) is 2. The number of aliphatic carboxylic acids is 1. The summed E-state index contributed by atoms with van der Waals surface area (Å²) in [4.78, 5) is 36.5. The fourth-order valence-electron chi connectivity index (χ4n) is 2.75. The van der Waals surface area contributed by atoms with Crippen LogP contribution in [0.25, 0.3) is 0 Å². The molecule has 0 bridgehead atoms.